The Kier molecular flexibility index (Phi) is 2.77. The van der Waals surface area contributed by atoms with E-state index in [1.165, 1.54) is 18.3 Å². The maximum atomic E-state index is 10.7. The zero-order valence-electron chi connectivity index (χ0n) is 8.20. The maximum Gasteiger partial charge on any atom is 0.335 e. The number of carboxylic acids is 1. The highest BCUT2D eigenvalue weighted by Crippen LogP contribution is 2.19. The molecule has 80 valence electrons. The van der Waals surface area contributed by atoms with Crippen LogP contribution in [0.3, 0.4) is 0 Å². The number of ether oxygens (including phenoxy) is 1. The van der Waals surface area contributed by atoms with Gasteiger partial charge in [-0.3, -0.25) is 0 Å². The molecule has 2 rings (SSSR count). The predicted molar refractivity (Wildman–Crippen MR) is 55.5 cm³/mol. The van der Waals surface area contributed by atoms with Crippen molar-refractivity contribution in [1.29, 1.82) is 0 Å². The Hall–Kier alpha value is -2.43. The van der Waals surface area contributed by atoms with Gasteiger partial charge in [-0.05, 0) is 24.3 Å². The number of aromatic nitrogens is 2. The number of carbonyl (C=O) groups is 1. The van der Waals surface area contributed by atoms with Crippen LogP contribution in [-0.4, -0.2) is 21.3 Å². The van der Waals surface area contributed by atoms with Gasteiger partial charge in [-0.2, -0.15) is 5.10 Å². The molecule has 0 aliphatic carbocycles. The number of hydrogen-bond acceptors (Lipinski definition) is 4. The van der Waals surface area contributed by atoms with E-state index in [1.807, 2.05) is 0 Å². The normalized spacial score (nSPS) is 9.75. The molecule has 5 nitrogen and oxygen atoms in total. The first-order chi connectivity index (χ1) is 7.75. The summed E-state index contributed by atoms with van der Waals surface area (Å²) in [7, 11) is 0. The second-order valence-electron chi connectivity index (χ2n) is 3.00. The Morgan fingerprint density at radius 3 is 2.81 bits per heavy atom. The van der Waals surface area contributed by atoms with E-state index < -0.39 is 5.97 Å². The van der Waals surface area contributed by atoms with Gasteiger partial charge in [0.05, 0.1) is 5.56 Å². The monoisotopic (exact) mass is 216 g/mol. The van der Waals surface area contributed by atoms with Gasteiger partial charge in [-0.25, -0.2) is 4.79 Å². The van der Waals surface area contributed by atoms with E-state index in [1.54, 1.807) is 24.3 Å². The van der Waals surface area contributed by atoms with E-state index in [0.29, 0.717) is 11.6 Å². The molecule has 0 saturated heterocycles. The van der Waals surface area contributed by atoms with Crippen LogP contribution in [0, 0.1) is 0 Å². The summed E-state index contributed by atoms with van der Waals surface area (Å²) in [5.74, 6) is -0.255. The Bertz CT molecular complexity index is 500. The SMILES string of the molecule is O=C(O)c1cccc(Oc2cccnn2)c1. The molecule has 0 aliphatic heterocycles. The summed E-state index contributed by atoms with van der Waals surface area (Å²) in [6, 6.07) is 9.50. The van der Waals surface area contributed by atoms with E-state index in [9.17, 15) is 4.79 Å². The van der Waals surface area contributed by atoms with Crippen LogP contribution >= 0.6 is 0 Å². The highest BCUT2D eigenvalue weighted by Gasteiger charge is 2.04. The highest BCUT2D eigenvalue weighted by atomic mass is 16.5. The topological polar surface area (TPSA) is 72.3 Å². The molecule has 5 heteroatoms. The minimum absolute atomic E-state index is 0.168. The first-order valence-corrected chi connectivity index (χ1v) is 4.54. The zero-order chi connectivity index (χ0) is 11.4. The third kappa shape index (κ3) is 2.33. The Labute approximate surface area is 91.3 Å². The van der Waals surface area contributed by atoms with E-state index in [0.717, 1.165) is 0 Å². The molecule has 0 aliphatic rings. The van der Waals surface area contributed by atoms with Gasteiger partial charge in [0.1, 0.15) is 5.75 Å². The van der Waals surface area contributed by atoms with Gasteiger partial charge in [0, 0.05) is 12.3 Å². The number of benzene rings is 1. The molecule has 1 heterocycles. The number of hydrogen-bond donors (Lipinski definition) is 1. The summed E-state index contributed by atoms with van der Waals surface area (Å²) in [4.78, 5) is 10.7. The smallest absolute Gasteiger partial charge is 0.335 e. The van der Waals surface area contributed by atoms with Crippen molar-refractivity contribution in [2.24, 2.45) is 0 Å². The summed E-state index contributed by atoms with van der Waals surface area (Å²) in [5.41, 5.74) is 0.168. The zero-order valence-corrected chi connectivity index (χ0v) is 8.20. The van der Waals surface area contributed by atoms with Crippen molar-refractivity contribution in [3.63, 3.8) is 0 Å². The van der Waals surface area contributed by atoms with Crippen LogP contribution in [0.5, 0.6) is 11.6 Å². The third-order valence-corrected chi connectivity index (χ3v) is 1.85. The first kappa shape index (κ1) is 10.1. The lowest BCUT2D eigenvalue weighted by molar-refractivity contribution is 0.0696. The number of aromatic carboxylic acids is 1. The van der Waals surface area contributed by atoms with Gasteiger partial charge in [0.15, 0.2) is 0 Å². The molecule has 1 aromatic heterocycles. The second-order valence-corrected chi connectivity index (χ2v) is 3.00. The van der Waals surface area contributed by atoms with Crippen molar-refractivity contribution >= 4 is 5.97 Å². The lowest BCUT2D eigenvalue weighted by Gasteiger charge is -2.03. The molecule has 1 aromatic carbocycles. The summed E-state index contributed by atoms with van der Waals surface area (Å²) in [6.45, 7) is 0. The Balaban J connectivity index is 2.22. The van der Waals surface area contributed by atoms with Crippen molar-refractivity contribution in [2.75, 3.05) is 0 Å². The molecule has 0 fully saturated rings. The lowest BCUT2D eigenvalue weighted by atomic mass is 10.2. The maximum absolute atomic E-state index is 10.7. The number of nitrogens with zero attached hydrogens (tertiary/aromatic N) is 2. The van der Waals surface area contributed by atoms with Gasteiger partial charge in [-0.15, -0.1) is 5.10 Å². The average Bonchev–Trinajstić information content (AvgIpc) is 2.30. The summed E-state index contributed by atoms with van der Waals surface area (Å²) < 4.78 is 5.33. The van der Waals surface area contributed by atoms with Crippen LogP contribution in [0.4, 0.5) is 0 Å². The summed E-state index contributed by atoms with van der Waals surface area (Å²) in [6.07, 6.45) is 1.53. The molecule has 16 heavy (non-hydrogen) atoms. The molecular weight excluding hydrogens is 208 g/mol. The molecular formula is C11H8N2O3. The van der Waals surface area contributed by atoms with Crippen LogP contribution in [0.15, 0.2) is 42.6 Å². The van der Waals surface area contributed by atoms with E-state index in [-0.39, 0.29) is 5.56 Å². The minimum Gasteiger partial charge on any atom is -0.478 e. The van der Waals surface area contributed by atoms with Gasteiger partial charge in [0.25, 0.3) is 0 Å². The molecule has 0 bridgehead atoms. The van der Waals surface area contributed by atoms with E-state index in [4.69, 9.17) is 9.84 Å². The van der Waals surface area contributed by atoms with Crippen molar-refractivity contribution in [3.8, 4) is 11.6 Å². The van der Waals surface area contributed by atoms with Gasteiger partial charge < -0.3 is 9.84 Å². The van der Waals surface area contributed by atoms with Gasteiger partial charge in [0.2, 0.25) is 5.88 Å². The fourth-order valence-corrected chi connectivity index (χ4v) is 1.16. The predicted octanol–water partition coefficient (Wildman–Crippen LogP) is 1.97. The van der Waals surface area contributed by atoms with Crippen LogP contribution < -0.4 is 4.74 Å². The minimum atomic E-state index is -0.996. The van der Waals surface area contributed by atoms with E-state index >= 15 is 0 Å². The number of carboxylic acid groups (broad SMARTS) is 1. The van der Waals surface area contributed by atoms with Crippen molar-refractivity contribution in [3.05, 3.63) is 48.2 Å². The molecule has 0 unspecified atom stereocenters. The fraction of sp³-hybridized carbons (Fsp3) is 0. The fourth-order valence-electron chi connectivity index (χ4n) is 1.16. The third-order valence-electron chi connectivity index (χ3n) is 1.85. The van der Waals surface area contributed by atoms with Crippen LogP contribution in [0.25, 0.3) is 0 Å². The average molecular weight is 216 g/mol. The molecule has 2 aromatic rings. The summed E-state index contributed by atoms with van der Waals surface area (Å²) >= 11 is 0. The molecule has 0 radical (unpaired) electrons. The Morgan fingerprint density at radius 1 is 1.25 bits per heavy atom. The quantitative estimate of drug-likeness (QED) is 0.849. The molecule has 0 saturated carbocycles. The molecule has 1 N–H and O–H groups in total. The van der Waals surface area contributed by atoms with Crippen molar-refractivity contribution < 1.29 is 14.6 Å². The lowest BCUT2D eigenvalue weighted by Crippen LogP contribution is -1.96. The van der Waals surface area contributed by atoms with Crippen molar-refractivity contribution in [2.45, 2.75) is 0 Å². The Morgan fingerprint density at radius 2 is 2.12 bits per heavy atom. The molecule has 0 spiro atoms. The van der Waals surface area contributed by atoms with Gasteiger partial charge in [-0.1, -0.05) is 6.07 Å². The summed E-state index contributed by atoms with van der Waals surface area (Å²) in [5, 5.41) is 16.2. The van der Waals surface area contributed by atoms with Crippen LogP contribution in [0.2, 0.25) is 0 Å². The van der Waals surface area contributed by atoms with Crippen LogP contribution in [0.1, 0.15) is 10.4 Å². The van der Waals surface area contributed by atoms with Gasteiger partial charge >= 0.3 is 5.97 Å². The highest BCUT2D eigenvalue weighted by molar-refractivity contribution is 5.88. The number of rotatable bonds is 3. The van der Waals surface area contributed by atoms with E-state index in [2.05, 4.69) is 10.2 Å². The van der Waals surface area contributed by atoms with Crippen molar-refractivity contribution in [1.82, 2.24) is 10.2 Å². The van der Waals surface area contributed by atoms with Crippen LogP contribution in [-0.2, 0) is 0 Å². The second kappa shape index (κ2) is 4.39. The molecule has 0 amide bonds. The first-order valence-electron chi connectivity index (χ1n) is 4.54. The standard InChI is InChI=1S/C11H8N2O3/c14-11(15)8-3-1-4-9(7-8)16-10-5-2-6-12-13-10/h1-7H,(H,14,15). The largest absolute Gasteiger partial charge is 0.478 e. The molecule has 0 atom stereocenters.